The molecule has 1 saturated carbocycles. The van der Waals surface area contributed by atoms with Crippen LogP contribution >= 0.6 is 0 Å². The number of morpholine rings is 1. The summed E-state index contributed by atoms with van der Waals surface area (Å²) in [6.45, 7) is 12.4. The zero-order chi connectivity index (χ0) is 14.4. The Labute approximate surface area is 125 Å². The van der Waals surface area contributed by atoms with E-state index in [0.29, 0.717) is 17.6 Å². The van der Waals surface area contributed by atoms with E-state index in [-0.39, 0.29) is 0 Å². The third kappa shape index (κ3) is 4.71. The summed E-state index contributed by atoms with van der Waals surface area (Å²) >= 11 is 0. The van der Waals surface area contributed by atoms with Crippen molar-refractivity contribution >= 4 is 0 Å². The van der Waals surface area contributed by atoms with Crippen molar-refractivity contribution < 1.29 is 4.74 Å². The van der Waals surface area contributed by atoms with Gasteiger partial charge in [-0.05, 0) is 38.6 Å². The van der Waals surface area contributed by atoms with E-state index in [1.165, 1.54) is 51.6 Å². The molecule has 118 valence electrons. The molecule has 20 heavy (non-hydrogen) atoms. The lowest BCUT2D eigenvalue weighted by molar-refractivity contribution is -0.0788. The molecule has 1 aliphatic heterocycles. The fraction of sp³-hybridized carbons (Fsp3) is 1.00. The molecule has 3 heteroatoms. The van der Waals surface area contributed by atoms with Crippen molar-refractivity contribution in [1.82, 2.24) is 10.2 Å². The molecule has 0 amide bonds. The number of nitrogens with zero attached hydrogens (tertiary/aromatic N) is 1. The van der Waals surface area contributed by atoms with Gasteiger partial charge in [-0.25, -0.2) is 0 Å². The molecule has 2 aliphatic rings. The highest BCUT2D eigenvalue weighted by atomic mass is 16.5. The summed E-state index contributed by atoms with van der Waals surface area (Å²) in [5.41, 5.74) is 0.503. The molecular formula is C17H34N2O. The number of nitrogens with one attached hydrogen (secondary N) is 1. The Balaban J connectivity index is 1.98. The molecule has 2 unspecified atom stereocenters. The van der Waals surface area contributed by atoms with Crippen LogP contribution in [0.2, 0.25) is 0 Å². The highest BCUT2D eigenvalue weighted by Gasteiger charge is 2.34. The molecule has 1 saturated heterocycles. The maximum Gasteiger partial charge on any atom is 0.0678 e. The van der Waals surface area contributed by atoms with Gasteiger partial charge in [0, 0.05) is 26.2 Å². The zero-order valence-corrected chi connectivity index (χ0v) is 13.8. The van der Waals surface area contributed by atoms with Gasteiger partial charge < -0.3 is 10.1 Å². The second-order valence-corrected chi connectivity index (χ2v) is 7.15. The molecule has 0 aromatic rings. The van der Waals surface area contributed by atoms with Crippen LogP contribution in [0.4, 0.5) is 0 Å². The minimum atomic E-state index is 0.390. The minimum absolute atomic E-state index is 0.390. The quantitative estimate of drug-likeness (QED) is 0.784. The first-order chi connectivity index (χ1) is 9.63. The van der Waals surface area contributed by atoms with Gasteiger partial charge in [-0.3, -0.25) is 4.90 Å². The molecule has 0 bridgehead atoms. The van der Waals surface area contributed by atoms with Crippen molar-refractivity contribution in [3.05, 3.63) is 0 Å². The Hall–Kier alpha value is -0.120. The highest BCUT2D eigenvalue weighted by Crippen LogP contribution is 2.36. The third-order valence-corrected chi connectivity index (χ3v) is 4.97. The molecular weight excluding hydrogens is 248 g/mol. The van der Waals surface area contributed by atoms with Crippen LogP contribution < -0.4 is 5.32 Å². The molecule has 0 aromatic carbocycles. The smallest absolute Gasteiger partial charge is 0.0678 e. The maximum absolute atomic E-state index is 5.89. The fourth-order valence-corrected chi connectivity index (χ4v) is 4.15. The summed E-state index contributed by atoms with van der Waals surface area (Å²) in [6, 6.07) is 0. The first kappa shape index (κ1) is 16.3. The van der Waals surface area contributed by atoms with E-state index in [0.717, 1.165) is 19.6 Å². The van der Waals surface area contributed by atoms with E-state index in [2.05, 4.69) is 31.0 Å². The van der Waals surface area contributed by atoms with Crippen LogP contribution in [0.15, 0.2) is 0 Å². The van der Waals surface area contributed by atoms with Gasteiger partial charge in [0.25, 0.3) is 0 Å². The largest absolute Gasteiger partial charge is 0.373 e. The zero-order valence-electron chi connectivity index (χ0n) is 13.8. The van der Waals surface area contributed by atoms with Gasteiger partial charge in [0.1, 0.15) is 0 Å². The average Bonchev–Trinajstić information content (AvgIpc) is 2.61. The molecule has 2 fully saturated rings. The second kappa shape index (κ2) is 7.77. The van der Waals surface area contributed by atoms with Crippen LogP contribution in [0.25, 0.3) is 0 Å². The van der Waals surface area contributed by atoms with Gasteiger partial charge in [-0.2, -0.15) is 0 Å². The average molecular weight is 282 g/mol. The summed E-state index contributed by atoms with van der Waals surface area (Å²) in [5.74, 6) is 0. The standard InChI is InChI=1S/C17H34N2O/c1-4-18-13-17(9-7-5-6-8-10-17)14-19-11-15(2)20-16(3)12-19/h15-16,18H,4-14H2,1-3H3. The third-order valence-electron chi connectivity index (χ3n) is 4.97. The molecule has 1 N–H and O–H groups in total. The minimum Gasteiger partial charge on any atom is -0.373 e. The molecule has 0 aromatic heterocycles. The van der Waals surface area contributed by atoms with Crippen LogP contribution in [0.5, 0.6) is 0 Å². The van der Waals surface area contributed by atoms with Crippen LogP contribution in [-0.4, -0.2) is 49.8 Å². The Kier molecular flexibility index (Phi) is 6.31. The Morgan fingerprint density at radius 2 is 1.65 bits per heavy atom. The van der Waals surface area contributed by atoms with Crippen molar-refractivity contribution in [2.45, 2.75) is 71.5 Å². The summed E-state index contributed by atoms with van der Waals surface area (Å²) in [6.07, 6.45) is 9.29. The second-order valence-electron chi connectivity index (χ2n) is 7.15. The normalized spacial score (nSPS) is 31.9. The predicted molar refractivity (Wildman–Crippen MR) is 85.1 cm³/mol. The van der Waals surface area contributed by atoms with Crippen LogP contribution in [0, 0.1) is 5.41 Å². The van der Waals surface area contributed by atoms with E-state index < -0.39 is 0 Å². The van der Waals surface area contributed by atoms with Crippen molar-refractivity contribution in [1.29, 1.82) is 0 Å². The maximum atomic E-state index is 5.89. The van der Waals surface area contributed by atoms with Gasteiger partial charge >= 0.3 is 0 Å². The van der Waals surface area contributed by atoms with Gasteiger partial charge in [-0.15, -0.1) is 0 Å². The topological polar surface area (TPSA) is 24.5 Å². The lowest BCUT2D eigenvalue weighted by Gasteiger charge is -2.42. The predicted octanol–water partition coefficient (Wildman–Crippen LogP) is 3.05. The number of ether oxygens (including phenoxy) is 1. The molecule has 0 spiro atoms. The molecule has 1 aliphatic carbocycles. The molecule has 0 radical (unpaired) electrons. The Morgan fingerprint density at radius 1 is 1.05 bits per heavy atom. The lowest BCUT2D eigenvalue weighted by atomic mass is 9.79. The van der Waals surface area contributed by atoms with Gasteiger partial charge in [-0.1, -0.05) is 32.6 Å². The number of rotatable bonds is 5. The Bertz CT molecular complexity index is 264. The molecule has 2 atom stereocenters. The van der Waals surface area contributed by atoms with Crippen molar-refractivity contribution in [2.24, 2.45) is 5.41 Å². The molecule has 1 heterocycles. The van der Waals surface area contributed by atoms with E-state index >= 15 is 0 Å². The fourth-order valence-electron chi connectivity index (χ4n) is 4.15. The molecule has 2 rings (SSSR count). The monoisotopic (exact) mass is 282 g/mol. The summed E-state index contributed by atoms with van der Waals surface area (Å²) < 4.78 is 5.89. The number of hydrogen-bond acceptors (Lipinski definition) is 3. The van der Waals surface area contributed by atoms with E-state index in [9.17, 15) is 0 Å². The van der Waals surface area contributed by atoms with E-state index in [1.807, 2.05) is 0 Å². The van der Waals surface area contributed by atoms with Crippen LogP contribution in [0.3, 0.4) is 0 Å². The van der Waals surface area contributed by atoms with Crippen LogP contribution in [-0.2, 0) is 4.74 Å². The van der Waals surface area contributed by atoms with Gasteiger partial charge in [0.05, 0.1) is 12.2 Å². The highest BCUT2D eigenvalue weighted by molar-refractivity contribution is 4.88. The summed E-state index contributed by atoms with van der Waals surface area (Å²) in [4.78, 5) is 2.67. The first-order valence-corrected chi connectivity index (χ1v) is 8.72. The summed E-state index contributed by atoms with van der Waals surface area (Å²) in [5, 5.41) is 3.64. The van der Waals surface area contributed by atoms with Crippen molar-refractivity contribution in [3.63, 3.8) is 0 Å². The van der Waals surface area contributed by atoms with Crippen molar-refractivity contribution in [2.75, 3.05) is 32.7 Å². The summed E-state index contributed by atoms with van der Waals surface area (Å²) in [7, 11) is 0. The first-order valence-electron chi connectivity index (χ1n) is 8.72. The van der Waals surface area contributed by atoms with Crippen LogP contribution in [0.1, 0.15) is 59.3 Å². The number of hydrogen-bond donors (Lipinski definition) is 1. The SMILES string of the molecule is CCNCC1(CN2CC(C)OC(C)C2)CCCCCC1. The molecule has 3 nitrogen and oxygen atoms in total. The van der Waals surface area contributed by atoms with E-state index in [1.54, 1.807) is 0 Å². The van der Waals surface area contributed by atoms with E-state index in [4.69, 9.17) is 4.74 Å². The Morgan fingerprint density at radius 3 is 2.20 bits per heavy atom. The van der Waals surface area contributed by atoms with Gasteiger partial charge in [0.15, 0.2) is 0 Å². The van der Waals surface area contributed by atoms with Crippen molar-refractivity contribution in [3.8, 4) is 0 Å². The van der Waals surface area contributed by atoms with Gasteiger partial charge in [0.2, 0.25) is 0 Å². The lowest BCUT2D eigenvalue weighted by Crippen LogP contribution is -2.51.